The average molecular weight is 252 g/mol. The van der Waals surface area contributed by atoms with Crippen LogP contribution in [0, 0.1) is 0 Å². The predicted octanol–water partition coefficient (Wildman–Crippen LogP) is 2.02. The molecule has 1 fully saturated rings. The van der Waals surface area contributed by atoms with Crippen molar-refractivity contribution >= 4 is 17.2 Å². The molecule has 1 aliphatic rings. The van der Waals surface area contributed by atoms with E-state index in [0.29, 0.717) is 18.4 Å². The second-order valence-electron chi connectivity index (χ2n) is 4.65. The molecule has 2 heterocycles. The van der Waals surface area contributed by atoms with Crippen LogP contribution in [-0.4, -0.2) is 29.9 Å². The van der Waals surface area contributed by atoms with Crippen molar-refractivity contribution in [3.63, 3.8) is 0 Å². The third kappa shape index (κ3) is 3.82. The Hall–Kier alpha value is -0.870. The third-order valence-electron chi connectivity index (χ3n) is 3.29. The molecule has 94 valence electrons. The summed E-state index contributed by atoms with van der Waals surface area (Å²) in [6, 6.07) is 4.49. The number of piperidine rings is 1. The molecule has 1 amide bonds. The van der Waals surface area contributed by atoms with Crippen molar-refractivity contribution in [1.29, 1.82) is 0 Å². The first kappa shape index (κ1) is 12.6. The molecule has 3 nitrogen and oxygen atoms in total. The number of carbonyl (C=O) groups is 1. The highest BCUT2D eigenvalue weighted by Gasteiger charge is 2.19. The van der Waals surface area contributed by atoms with Crippen LogP contribution in [-0.2, 0) is 11.2 Å². The second-order valence-corrected chi connectivity index (χ2v) is 5.68. The van der Waals surface area contributed by atoms with Crippen LogP contribution < -0.4 is 5.73 Å². The zero-order valence-electron chi connectivity index (χ0n) is 10.1. The number of nitrogens with zero attached hydrogens (tertiary/aromatic N) is 1. The van der Waals surface area contributed by atoms with Crippen molar-refractivity contribution in [2.75, 3.05) is 13.1 Å². The molecule has 0 saturated carbocycles. The van der Waals surface area contributed by atoms with Gasteiger partial charge >= 0.3 is 0 Å². The molecule has 17 heavy (non-hydrogen) atoms. The molecule has 0 atom stereocenters. The number of hydrogen-bond acceptors (Lipinski definition) is 3. The Kier molecular flexibility index (Phi) is 4.57. The van der Waals surface area contributed by atoms with Gasteiger partial charge in [-0.3, -0.25) is 4.79 Å². The Balaban J connectivity index is 1.67. The first-order valence-corrected chi connectivity index (χ1v) is 7.19. The normalized spacial score (nSPS) is 17.4. The molecule has 2 N–H and O–H groups in total. The van der Waals surface area contributed by atoms with E-state index in [0.717, 1.165) is 38.8 Å². The van der Waals surface area contributed by atoms with Gasteiger partial charge in [-0.1, -0.05) is 6.07 Å². The van der Waals surface area contributed by atoms with Gasteiger partial charge in [0.1, 0.15) is 0 Å². The van der Waals surface area contributed by atoms with Crippen LogP contribution in [0.5, 0.6) is 0 Å². The van der Waals surface area contributed by atoms with E-state index in [2.05, 4.69) is 17.5 Å². The van der Waals surface area contributed by atoms with Crippen LogP contribution in [0.15, 0.2) is 17.5 Å². The van der Waals surface area contributed by atoms with E-state index in [4.69, 9.17) is 5.73 Å². The van der Waals surface area contributed by atoms with Crippen molar-refractivity contribution in [2.24, 2.45) is 5.73 Å². The maximum absolute atomic E-state index is 11.9. The molecule has 0 spiro atoms. The van der Waals surface area contributed by atoms with E-state index < -0.39 is 0 Å². The van der Waals surface area contributed by atoms with Crippen molar-refractivity contribution in [3.05, 3.63) is 22.4 Å². The van der Waals surface area contributed by atoms with Gasteiger partial charge in [0.15, 0.2) is 0 Å². The highest BCUT2D eigenvalue weighted by molar-refractivity contribution is 7.09. The van der Waals surface area contributed by atoms with Crippen molar-refractivity contribution < 1.29 is 4.79 Å². The lowest BCUT2D eigenvalue weighted by atomic mass is 10.1. The van der Waals surface area contributed by atoms with E-state index >= 15 is 0 Å². The molecule has 1 aliphatic heterocycles. The molecule has 0 aliphatic carbocycles. The van der Waals surface area contributed by atoms with Crippen LogP contribution in [0.25, 0.3) is 0 Å². The molecule has 1 saturated heterocycles. The summed E-state index contributed by atoms with van der Waals surface area (Å²) in [5.74, 6) is 0.299. The van der Waals surface area contributed by atoms with Crippen LogP contribution in [0.4, 0.5) is 0 Å². The van der Waals surface area contributed by atoms with E-state index in [1.165, 1.54) is 4.88 Å². The number of rotatable bonds is 4. The Morgan fingerprint density at radius 1 is 1.47 bits per heavy atom. The summed E-state index contributed by atoms with van der Waals surface area (Å²) in [5, 5.41) is 2.09. The number of likely N-dealkylation sites (tertiary alicyclic amines) is 1. The number of amides is 1. The van der Waals surface area contributed by atoms with Gasteiger partial charge in [0.05, 0.1) is 0 Å². The smallest absolute Gasteiger partial charge is 0.222 e. The van der Waals surface area contributed by atoms with Crippen LogP contribution in [0.1, 0.15) is 30.6 Å². The minimum absolute atomic E-state index is 0.296. The maximum Gasteiger partial charge on any atom is 0.222 e. The van der Waals surface area contributed by atoms with Gasteiger partial charge in [-0.05, 0) is 37.1 Å². The Morgan fingerprint density at radius 3 is 2.88 bits per heavy atom. The SMILES string of the molecule is NC1CCN(C(=O)CCCc2cccs2)CC1. The van der Waals surface area contributed by atoms with Crippen molar-refractivity contribution in [3.8, 4) is 0 Å². The molecule has 1 aromatic heterocycles. The summed E-state index contributed by atoms with van der Waals surface area (Å²) in [6.07, 6.45) is 4.57. The fraction of sp³-hybridized carbons (Fsp3) is 0.615. The minimum atomic E-state index is 0.296. The zero-order chi connectivity index (χ0) is 12.1. The molecule has 0 unspecified atom stereocenters. The number of carbonyl (C=O) groups excluding carboxylic acids is 1. The summed E-state index contributed by atoms with van der Waals surface area (Å²) in [5.41, 5.74) is 5.82. The van der Waals surface area contributed by atoms with Gasteiger partial charge in [-0.2, -0.15) is 0 Å². The van der Waals surface area contributed by atoms with E-state index in [1.54, 1.807) is 11.3 Å². The molecule has 4 heteroatoms. The number of aryl methyl sites for hydroxylation is 1. The van der Waals surface area contributed by atoms with Gasteiger partial charge in [-0.15, -0.1) is 11.3 Å². The van der Waals surface area contributed by atoms with Gasteiger partial charge in [0, 0.05) is 30.4 Å². The lowest BCUT2D eigenvalue weighted by molar-refractivity contribution is -0.132. The van der Waals surface area contributed by atoms with Crippen molar-refractivity contribution in [2.45, 2.75) is 38.1 Å². The third-order valence-corrected chi connectivity index (χ3v) is 4.22. The maximum atomic E-state index is 11.9. The zero-order valence-corrected chi connectivity index (χ0v) is 10.9. The first-order chi connectivity index (χ1) is 8.25. The summed E-state index contributed by atoms with van der Waals surface area (Å²) >= 11 is 1.77. The number of nitrogens with two attached hydrogens (primary N) is 1. The minimum Gasteiger partial charge on any atom is -0.343 e. The number of hydrogen-bond donors (Lipinski definition) is 1. The Morgan fingerprint density at radius 2 is 2.24 bits per heavy atom. The molecule has 1 aromatic rings. The molecule has 2 rings (SSSR count). The number of thiophene rings is 1. The van der Waals surface area contributed by atoms with Crippen molar-refractivity contribution in [1.82, 2.24) is 4.90 Å². The van der Waals surface area contributed by atoms with Crippen LogP contribution in [0.3, 0.4) is 0 Å². The van der Waals surface area contributed by atoms with E-state index in [-0.39, 0.29) is 0 Å². The summed E-state index contributed by atoms with van der Waals surface area (Å²) in [4.78, 5) is 15.3. The summed E-state index contributed by atoms with van der Waals surface area (Å²) in [6.45, 7) is 1.69. The molecule has 0 radical (unpaired) electrons. The molecular weight excluding hydrogens is 232 g/mol. The van der Waals surface area contributed by atoms with Gasteiger partial charge in [-0.25, -0.2) is 0 Å². The lowest BCUT2D eigenvalue weighted by Crippen LogP contribution is -2.42. The molecule has 0 bridgehead atoms. The fourth-order valence-electron chi connectivity index (χ4n) is 2.18. The van der Waals surface area contributed by atoms with E-state index in [1.807, 2.05) is 4.90 Å². The Labute approximate surface area is 107 Å². The van der Waals surface area contributed by atoms with Gasteiger partial charge in [0.2, 0.25) is 5.91 Å². The monoisotopic (exact) mass is 252 g/mol. The fourth-order valence-corrected chi connectivity index (χ4v) is 2.93. The van der Waals surface area contributed by atoms with E-state index in [9.17, 15) is 4.79 Å². The molecular formula is C13H20N2OS. The standard InChI is InChI=1S/C13H20N2OS/c14-11-6-8-15(9-7-11)13(16)5-1-3-12-4-2-10-17-12/h2,4,10-11H,1,3,5-9,14H2. The highest BCUT2D eigenvalue weighted by atomic mass is 32.1. The summed E-state index contributed by atoms with van der Waals surface area (Å²) in [7, 11) is 0. The topological polar surface area (TPSA) is 46.3 Å². The van der Waals surface area contributed by atoms with Gasteiger partial charge in [0.25, 0.3) is 0 Å². The van der Waals surface area contributed by atoms with Crippen LogP contribution in [0.2, 0.25) is 0 Å². The Bertz CT molecular complexity index is 342. The van der Waals surface area contributed by atoms with Crippen LogP contribution >= 0.6 is 11.3 Å². The first-order valence-electron chi connectivity index (χ1n) is 6.31. The molecule has 0 aromatic carbocycles. The second kappa shape index (κ2) is 6.17. The predicted molar refractivity (Wildman–Crippen MR) is 71.0 cm³/mol. The quantitative estimate of drug-likeness (QED) is 0.891. The average Bonchev–Trinajstić information content (AvgIpc) is 2.83. The largest absolute Gasteiger partial charge is 0.343 e. The summed E-state index contributed by atoms with van der Waals surface area (Å²) < 4.78 is 0. The lowest BCUT2D eigenvalue weighted by Gasteiger charge is -2.30. The van der Waals surface area contributed by atoms with Gasteiger partial charge < -0.3 is 10.6 Å². The highest BCUT2D eigenvalue weighted by Crippen LogP contribution is 2.14.